The minimum atomic E-state index is -0.286. The van der Waals surface area contributed by atoms with Gasteiger partial charge in [0.05, 0.1) is 5.69 Å². The van der Waals surface area contributed by atoms with Crippen LogP contribution in [0.5, 0.6) is 5.75 Å². The topological polar surface area (TPSA) is 27.1 Å². The molecule has 102 valence electrons. The lowest BCUT2D eigenvalue weighted by molar-refractivity contribution is 0.294. The molecule has 0 saturated carbocycles. The van der Waals surface area contributed by atoms with E-state index < -0.39 is 0 Å². The highest BCUT2D eigenvalue weighted by Gasteiger charge is 2.06. The Morgan fingerprint density at radius 2 is 2.16 bits per heavy atom. The highest BCUT2D eigenvalue weighted by molar-refractivity contribution is 5.32. The second kappa shape index (κ2) is 5.87. The molecular weight excluding hydrogens is 243 g/mol. The minimum absolute atomic E-state index is 0.286. The van der Waals surface area contributed by atoms with Crippen LogP contribution in [0.25, 0.3) is 0 Å². The van der Waals surface area contributed by atoms with Gasteiger partial charge in [-0.15, -0.1) is 0 Å². The van der Waals surface area contributed by atoms with Crippen LogP contribution in [0, 0.1) is 12.7 Å². The summed E-state index contributed by atoms with van der Waals surface area (Å²) in [5.74, 6) is 0.281. The van der Waals surface area contributed by atoms with E-state index in [1.807, 2.05) is 23.9 Å². The summed E-state index contributed by atoms with van der Waals surface area (Å²) >= 11 is 0. The van der Waals surface area contributed by atoms with Crippen LogP contribution >= 0.6 is 0 Å². The Bertz CT molecular complexity index is 551. The highest BCUT2D eigenvalue weighted by Crippen LogP contribution is 2.20. The second-order valence-corrected chi connectivity index (χ2v) is 4.74. The van der Waals surface area contributed by atoms with Crippen molar-refractivity contribution < 1.29 is 9.13 Å². The fourth-order valence-electron chi connectivity index (χ4n) is 1.77. The van der Waals surface area contributed by atoms with E-state index in [-0.39, 0.29) is 5.82 Å². The summed E-state index contributed by atoms with van der Waals surface area (Å²) in [7, 11) is 0. The minimum Gasteiger partial charge on any atom is -0.487 e. The van der Waals surface area contributed by atoms with Crippen LogP contribution < -0.4 is 4.74 Å². The SMILES string of the molecule is CCC(C)n1ccc(COc2cc(F)ccc2C)n1. The summed E-state index contributed by atoms with van der Waals surface area (Å²) in [5, 5.41) is 4.45. The van der Waals surface area contributed by atoms with Gasteiger partial charge in [0.1, 0.15) is 18.2 Å². The van der Waals surface area contributed by atoms with Gasteiger partial charge in [-0.2, -0.15) is 5.10 Å². The van der Waals surface area contributed by atoms with Crippen molar-refractivity contribution in [2.24, 2.45) is 0 Å². The van der Waals surface area contributed by atoms with Crippen molar-refractivity contribution in [1.82, 2.24) is 9.78 Å². The Kier molecular flexibility index (Phi) is 4.20. The number of nitrogens with zero attached hydrogens (tertiary/aromatic N) is 2. The quantitative estimate of drug-likeness (QED) is 0.817. The molecule has 0 radical (unpaired) electrons. The maximum Gasteiger partial charge on any atom is 0.132 e. The normalized spacial score (nSPS) is 12.4. The van der Waals surface area contributed by atoms with Crippen LogP contribution in [0.3, 0.4) is 0 Å². The standard InChI is InChI=1S/C15H19FN2O/c1-4-12(3)18-8-7-14(17-18)10-19-15-9-13(16)6-5-11(15)2/h5-9,12H,4,10H2,1-3H3. The summed E-state index contributed by atoms with van der Waals surface area (Å²) in [6, 6.07) is 6.86. The molecule has 3 nitrogen and oxygen atoms in total. The molecule has 0 N–H and O–H groups in total. The molecule has 2 rings (SSSR count). The lowest BCUT2D eigenvalue weighted by atomic mass is 10.2. The van der Waals surface area contributed by atoms with E-state index in [0.29, 0.717) is 18.4 Å². The van der Waals surface area contributed by atoms with Crippen LogP contribution in [0.1, 0.15) is 37.6 Å². The maximum absolute atomic E-state index is 13.1. The van der Waals surface area contributed by atoms with Crippen LogP contribution in [-0.4, -0.2) is 9.78 Å². The number of rotatable bonds is 5. The smallest absolute Gasteiger partial charge is 0.132 e. The molecule has 0 amide bonds. The second-order valence-electron chi connectivity index (χ2n) is 4.74. The van der Waals surface area contributed by atoms with Gasteiger partial charge in [0.25, 0.3) is 0 Å². The zero-order chi connectivity index (χ0) is 13.8. The van der Waals surface area contributed by atoms with E-state index in [1.54, 1.807) is 6.07 Å². The van der Waals surface area contributed by atoms with Gasteiger partial charge >= 0.3 is 0 Å². The third-order valence-corrected chi connectivity index (χ3v) is 3.23. The number of aryl methyl sites for hydroxylation is 1. The predicted octanol–water partition coefficient (Wildman–Crippen LogP) is 3.88. The van der Waals surface area contributed by atoms with Gasteiger partial charge in [-0.3, -0.25) is 4.68 Å². The first kappa shape index (κ1) is 13.6. The van der Waals surface area contributed by atoms with E-state index in [9.17, 15) is 4.39 Å². The molecule has 0 aliphatic carbocycles. The van der Waals surface area contributed by atoms with E-state index in [4.69, 9.17) is 4.74 Å². The molecule has 1 aromatic carbocycles. The van der Waals surface area contributed by atoms with Crippen molar-refractivity contribution in [3.8, 4) is 5.75 Å². The van der Waals surface area contributed by atoms with Crippen LogP contribution in [-0.2, 0) is 6.61 Å². The molecular formula is C15H19FN2O. The Morgan fingerprint density at radius 3 is 2.89 bits per heavy atom. The van der Waals surface area contributed by atoms with Crippen LogP contribution in [0.4, 0.5) is 4.39 Å². The van der Waals surface area contributed by atoms with Crippen molar-refractivity contribution in [2.45, 2.75) is 39.8 Å². The molecule has 19 heavy (non-hydrogen) atoms. The number of ether oxygens (including phenoxy) is 1. The Hall–Kier alpha value is -1.84. The number of hydrogen-bond donors (Lipinski definition) is 0. The average Bonchev–Trinajstić information content (AvgIpc) is 2.88. The molecule has 1 unspecified atom stereocenters. The summed E-state index contributed by atoms with van der Waals surface area (Å²) in [4.78, 5) is 0. The van der Waals surface area contributed by atoms with Crippen LogP contribution in [0.2, 0.25) is 0 Å². The van der Waals surface area contributed by atoms with Gasteiger partial charge in [-0.25, -0.2) is 4.39 Å². The first-order chi connectivity index (χ1) is 9.10. The summed E-state index contributed by atoms with van der Waals surface area (Å²) in [6.45, 7) is 6.49. The lowest BCUT2D eigenvalue weighted by Gasteiger charge is -2.09. The van der Waals surface area contributed by atoms with Gasteiger partial charge in [0, 0.05) is 18.3 Å². The van der Waals surface area contributed by atoms with Gasteiger partial charge in [0.2, 0.25) is 0 Å². The molecule has 2 aromatic rings. The molecule has 1 aromatic heterocycles. The predicted molar refractivity (Wildman–Crippen MR) is 72.7 cm³/mol. The average molecular weight is 262 g/mol. The number of hydrogen-bond acceptors (Lipinski definition) is 2. The van der Waals surface area contributed by atoms with E-state index >= 15 is 0 Å². The van der Waals surface area contributed by atoms with E-state index in [1.165, 1.54) is 12.1 Å². The Balaban J connectivity index is 2.02. The zero-order valence-electron chi connectivity index (χ0n) is 11.6. The molecule has 0 spiro atoms. The molecule has 1 atom stereocenters. The van der Waals surface area contributed by atoms with Gasteiger partial charge in [-0.1, -0.05) is 13.0 Å². The molecule has 0 aliphatic rings. The molecule has 0 aliphatic heterocycles. The first-order valence-electron chi connectivity index (χ1n) is 6.53. The first-order valence-corrected chi connectivity index (χ1v) is 6.53. The molecule has 0 fully saturated rings. The largest absolute Gasteiger partial charge is 0.487 e. The lowest BCUT2D eigenvalue weighted by Crippen LogP contribution is -2.06. The summed E-state index contributed by atoms with van der Waals surface area (Å²) in [5.41, 5.74) is 1.77. The molecule has 0 saturated heterocycles. The van der Waals surface area contributed by atoms with Crippen molar-refractivity contribution in [3.63, 3.8) is 0 Å². The van der Waals surface area contributed by atoms with Crippen molar-refractivity contribution in [3.05, 3.63) is 47.5 Å². The monoisotopic (exact) mass is 262 g/mol. The van der Waals surface area contributed by atoms with Crippen LogP contribution in [0.15, 0.2) is 30.5 Å². The van der Waals surface area contributed by atoms with Crippen molar-refractivity contribution >= 4 is 0 Å². The number of benzene rings is 1. The number of halogens is 1. The van der Waals surface area contributed by atoms with Crippen molar-refractivity contribution in [2.75, 3.05) is 0 Å². The van der Waals surface area contributed by atoms with Gasteiger partial charge in [0.15, 0.2) is 0 Å². The Morgan fingerprint density at radius 1 is 1.37 bits per heavy atom. The van der Waals surface area contributed by atoms with E-state index in [2.05, 4.69) is 18.9 Å². The number of aromatic nitrogens is 2. The molecule has 4 heteroatoms. The summed E-state index contributed by atoms with van der Waals surface area (Å²) < 4.78 is 20.7. The third-order valence-electron chi connectivity index (χ3n) is 3.23. The zero-order valence-corrected chi connectivity index (χ0v) is 11.6. The third kappa shape index (κ3) is 3.34. The van der Waals surface area contributed by atoms with Crippen molar-refractivity contribution in [1.29, 1.82) is 0 Å². The van der Waals surface area contributed by atoms with E-state index in [0.717, 1.165) is 17.7 Å². The highest BCUT2D eigenvalue weighted by atomic mass is 19.1. The molecule has 1 heterocycles. The van der Waals surface area contributed by atoms with Gasteiger partial charge < -0.3 is 4.74 Å². The van der Waals surface area contributed by atoms with Gasteiger partial charge in [-0.05, 0) is 38.0 Å². The maximum atomic E-state index is 13.1. The fourth-order valence-corrected chi connectivity index (χ4v) is 1.77. The summed E-state index contributed by atoms with van der Waals surface area (Å²) in [6.07, 6.45) is 2.98. The fraction of sp³-hybridized carbons (Fsp3) is 0.400. The molecule has 0 bridgehead atoms. The Labute approximate surface area is 113 Å².